The second-order valence-corrected chi connectivity index (χ2v) is 7.65. The van der Waals surface area contributed by atoms with Crippen LogP contribution in [0.3, 0.4) is 0 Å². The van der Waals surface area contributed by atoms with Crippen molar-refractivity contribution in [3.8, 4) is 28.5 Å². The number of fused-ring (bicyclic) bond motifs is 1. The summed E-state index contributed by atoms with van der Waals surface area (Å²) in [4.78, 5) is 34.8. The number of nitrogens with one attached hydrogen (secondary N) is 2. The van der Waals surface area contributed by atoms with Gasteiger partial charge in [-0.05, 0) is 18.2 Å². The summed E-state index contributed by atoms with van der Waals surface area (Å²) in [5.41, 5.74) is -1.25. The molecule has 0 unspecified atom stereocenters. The normalized spacial score (nSPS) is 11.8. The van der Waals surface area contributed by atoms with Crippen molar-refractivity contribution in [2.75, 3.05) is 7.11 Å². The number of H-pyrrole nitrogens is 2. The lowest BCUT2D eigenvalue weighted by Crippen LogP contribution is -2.23. The fourth-order valence-corrected chi connectivity index (χ4v) is 3.65. The summed E-state index contributed by atoms with van der Waals surface area (Å²) in [6, 6.07) is 8.29. The van der Waals surface area contributed by atoms with E-state index in [-0.39, 0.29) is 44.6 Å². The summed E-state index contributed by atoms with van der Waals surface area (Å²) in [6.45, 7) is 0. The summed E-state index contributed by atoms with van der Waals surface area (Å²) < 4.78 is 46.6. The number of hydrogen-bond donors (Lipinski definition) is 2. The first-order chi connectivity index (χ1) is 16.7. The van der Waals surface area contributed by atoms with Crippen molar-refractivity contribution in [2.24, 2.45) is 0 Å². The highest BCUT2D eigenvalue weighted by molar-refractivity contribution is 6.31. The minimum Gasteiger partial charge on any atom is -0.495 e. The van der Waals surface area contributed by atoms with E-state index < -0.39 is 23.0 Å². The van der Waals surface area contributed by atoms with Crippen molar-refractivity contribution < 1.29 is 17.9 Å². The van der Waals surface area contributed by atoms with E-state index in [0.29, 0.717) is 0 Å². The molecule has 5 aromatic rings. The molecule has 4 aromatic heterocycles. The number of aromatic nitrogens is 7. The van der Waals surface area contributed by atoms with E-state index >= 15 is 0 Å². The molecule has 0 amide bonds. The molecule has 5 rings (SSSR count). The lowest BCUT2D eigenvalue weighted by Gasteiger charge is -2.15. The Morgan fingerprint density at radius 2 is 1.94 bits per heavy atom. The molecule has 14 heteroatoms. The smallest absolute Gasteiger partial charge is 0.436 e. The molecule has 0 bridgehead atoms. The lowest BCUT2D eigenvalue weighted by atomic mass is 10.0. The number of aromatic amines is 2. The standard InChI is InChI=1S/C21H12ClF3N7O3/c1-35-15-8-31(20-27-13-4-5-26-18(13)19(34)28-20)17(33)7-12(15)11-6-10(22)2-3-14(11)32-9-16(29-30-32)21(23,24)25/h2-3,5-9,26H,1H3,(H,27,28,34). The molecule has 1 radical (unpaired) electrons. The average Bonchev–Trinajstić information content (AvgIpc) is 3.49. The van der Waals surface area contributed by atoms with Crippen LogP contribution in [0.2, 0.25) is 5.02 Å². The van der Waals surface area contributed by atoms with Crippen LogP contribution in [0.4, 0.5) is 13.2 Å². The zero-order valence-corrected chi connectivity index (χ0v) is 18.3. The van der Waals surface area contributed by atoms with Crippen molar-refractivity contribution >= 4 is 22.6 Å². The first kappa shape index (κ1) is 22.4. The largest absolute Gasteiger partial charge is 0.495 e. The number of alkyl halides is 3. The van der Waals surface area contributed by atoms with Gasteiger partial charge in [-0.25, -0.2) is 14.2 Å². The number of benzene rings is 1. The van der Waals surface area contributed by atoms with Gasteiger partial charge in [0.15, 0.2) is 5.69 Å². The summed E-state index contributed by atoms with van der Waals surface area (Å²) in [5.74, 6) is 0.0654. The van der Waals surface area contributed by atoms with Gasteiger partial charge in [-0.2, -0.15) is 13.2 Å². The average molecular weight is 503 g/mol. The van der Waals surface area contributed by atoms with Gasteiger partial charge in [0.05, 0.1) is 25.2 Å². The van der Waals surface area contributed by atoms with Crippen LogP contribution in [0.1, 0.15) is 5.69 Å². The number of hydrogen-bond acceptors (Lipinski definition) is 6. The molecular weight excluding hydrogens is 491 g/mol. The first-order valence-corrected chi connectivity index (χ1v) is 10.1. The summed E-state index contributed by atoms with van der Waals surface area (Å²) in [5, 5.41) is 7.00. The number of ether oxygens (including phenoxy) is 1. The molecule has 0 atom stereocenters. The van der Waals surface area contributed by atoms with Gasteiger partial charge in [0.1, 0.15) is 16.8 Å². The van der Waals surface area contributed by atoms with Gasteiger partial charge >= 0.3 is 6.18 Å². The third-order valence-electron chi connectivity index (χ3n) is 5.08. The molecule has 0 saturated heterocycles. The van der Waals surface area contributed by atoms with Gasteiger partial charge in [-0.15, -0.1) is 5.10 Å². The molecule has 0 saturated carbocycles. The minimum absolute atomic E-state index is 0.0781. The van der Waals surface area contributed by atoms with E-state index in [1.807, 2.05) is 0 Å². The zero-order chi connectivity index (χ0) is 24.9. The number of halogens is 4. The fourth-order valence-electron chi connectivity index (χ4n) is 3.48. The number of nitrogens with zero attached hydrogens (tertiary/aromatic N) is 5. The van der Waals surface area contributed by atoms with Gasteiger partial charge < -0.3 is 9.72 Å². The van der Waals surface area contributed by atoms with Crippen molar-refractivity contribution in [1.29, 1.82) is 0 Å². The molecular formula is C21H12ClF3N7O3. The van der Waals surface area contributed by atoms with E-state index in [4.69, 9.17) is 16.3 Å². The molecule has 0 aliphatic carbocycles. The van der Waals surface area contributed by atoms with Gasteiger partial charge in [-0.1, -0.05) is 16.8 Å². The predicted octanol–water partition coefficient (Wildman–Crippen LogP) is 3.13. The Kier molecular flexibility index (Phi) is 5.20. The molecule has 2 N–H and O–H groups in total. The van der Waals surface area contributed by atoms with Crippen LogP contribution in [0, 0.1) is 6.07 Å². The van der Waals surface area contributed by atoms with Crippen molar-refractivity contribution in [1.82, 2.24) is 34.5 Å². The van der Waals surface area contributed by atoms with Crippen LogP contribution in [0.5, 0.6) is 5.75 Å². The Labute approximate surface area is 197 Å². The van der Waals surface area contributed by atoms with Gasteiger partial charge in [0.2, 0.25) is 5.95 Å². The number of rotatable bonds is 4. The molecule has 0 spiro atoms. The molecule has 177 valence electrons. The van der Waals surface area contributed by atoms with Crippen LogP contribution in [-0.2, 0) is 6.18 Å². The Morgan fingerprint density at radius 3 is 2.66 bits per heavy atom. The molecule has 0 aliphatic rings. The second kappa shape index (κ2) is 8.13. The lowest BCUT2D eigenvalue weighted by molar-refractivity contribution is -0.141. The van der Waals surface area contributed by atoms with E-state index in [1.165, 1.54) is 43.8 Å². The highest BCUT2D eigenvalue weighted by atomic mass is 35.5. The predicted molar refractivity (Wildman–Crippen MR) is 118 cm³/mol. The first-order valence-electron chi connectivity index (χ1n) is 9.75. The quantitative estimate of drug-likeness (QED) is 0.389. The van der Waals surface area contributed by atoms with Crippen molar-refractivity contribution in [3.63, 3.8) is 0 Å². The minimum atomic E-state index is -4.69. The fraction of sp³-hybridized carbons (Fsp3) is 0.0952. The maximum absolute atomic E-state index is 13.1. The maximum Gasteiger partial charge on any atom is 0.436 e. The van der Waals surface area contributed by atoms with Gasteiger partial charge in [-0.3, -0.25) is 14.6 Å². The van der Waals surface area contributed by atoms with Crippen LogP contribution in [0.25, 0.3) is 33.8 Å². The van der Waals surface area contributed by atoms with E-state index in [0.717, 1.165) is 15.4 Å². The van der Waals surface area contributed by atoms with Crippen molar-refractivity contribution in [3.05, 3.63) is 80.3 Å². The Balaban J connectivity index is 1.69. The Morgan fingerprint density at radius 1 is 1.14 bits per heavy atom. The zero-order valence-electron chi connectivity index (χ0n) is 17.5. The summed E-state index contributed by atoms with van der Waals surface area (Å²) >= 11 is 6.15. The molecule has 4 heterocycles. The third-order valence-corrected chi connectivity index (χ3v) is 5.31. The highest BCUT2D eigenvalue weighted by Gasteiger charge is 2.34. The molecule has 0 fully saturated rings. The molecule has 1 aromatic carbocycles. The van der Waals surface area contributed by atoms with E-state index in [1.54, 1.807) is 0 Å². The number of methoxy groups -OCH3 is 1. The Bertz CT molecular complexity index is 1700. The molecule has 0 aliphatic heterocycles. The van der Waals surface area contributed by atoms with Gasteiger partial charge in [0.25, 0.3) is 11.1 Å². The summed E-state index contributed by atoms with van der Waals surface area (Å²) in [7, 11) is 1.34. The number of pyridine rings is 1. The SMILES string of the molecule is COc1cn(-c2nc3[c]c[nH]c3c(=O)[nH]2)c(=O)cc1-c1cc(Cl)ccc1-n1cc(C(F)(F)F)nn1. The maximum atomic E-state index is 13.1. The van der Waals surface area contributed by atoms with Crippen LogP contribution >= 0.6 is 11.6 Å². The molecule has 35 heavy (non-hydrogen) atoms. The Hall–Kier alpha value is -4.39. The summed E-state index contributed by atoms with van der Waals surface area (Å²) in [6.07, 6.45) is -1.26. The van der Waals surface area contributed by atoms with Crippen LogP contribution in [0.15, 0.2) is 52.4 Å². The topological polar surface area (TPSA) is 123 Å². The molecule has 10 nitrogen and oxygen atoms in total. The van der Waals surface area contributed by atoms with Crippen LogP contribution in [-0.4, -0.2) is 41.6 Å². The van der Waals surface area contributed by atoms with E-state index in [9.17, 15) is 22.8 Å². The highest BCUT2D eigenvalue weighted by Crippen LogP contribution is 2.36. The van der Waals surface area contributed by atoms with Gasteiger partial charge in [0, 0.05) is 34.5 Å². The van der Waals surface area contributed by atoms with E-state index in [2.05, 4.69) is 31.3 Å². The second-order valence-electron chi connectivity index (χ2n) is 7.22. The van der Waals surface area contributed by atoms with Crippen LogP contribution < -0.4 is 15.9 Å². The third kappa shape index (κ3) is 3.95. The monoisotopic (exact) mass is 502 g/mol. The van der Waals surface area contributed by atoms with Crippen molar-refractivity contribution in [2.45, 2.75) is 6.18 Å².